The van der Waals surface area contributed by atoms with E-state index in [1.165, 1.54) is 10.9 Å². The predicted octanol–water partition coefficient (Wildman–Crippen LogP) is -0.128. The summed E-state index contributed by atoms with van der Waals surface area (Å²) in [5, 5.41) is 10.7. The van der Waals surface area contributed by atoms with Crippen LogP contribution in [-0.4, -0.2) is 42.5 Å². The first-order chi connectivity index (χ1) is 8.83. The number of aryl methyl sites for hydroxylation is 1. The first-order valence-electron chi connectivity index (χ1n) is 6.41. The fraction of sp³-hybridized carbons (Fsp3) is 0.818. The SMILES string of the molecule is Cn1nncc1S(=O)(=O)NCC1NCCCC1(C)C. The van der Waals surface area contributed by atoms with Crippen LogP contribution in [0.15, 0.2) is 11.2 Å². The highest BCUT2D eigenvalue weighted by Gasteiger charge is 2.33. The molecule has 0 bridgehead atoms. The molecule has 1 fully saturated rings. The Morgan fingerprint density at radius 1 is 1.58 bits per heavy atom. The molecule has 1 atom stereocenters. The lowest BCUT2D eigenvalue weighted by atomic mass is 9.78. The van der Waals surface area contributed by atoms with Crippen LogP contribution < -0.4 is 10.0 Å². The molecule has 0 radical (unpaired) electrons. The average Bonchev–Trinajstić information content (AvgIpc) is 2.74. The second-order valence-corrected chi connectivity index (χ2v) is 7.36. The molecule has 1 saturated heterocycles. The summed E-state index contributed by atoms with van der Waals surface area (Å²) in [4.78, 5) is 0. The molecule has 0 aliphatic carbocycles. The molecule has 0 spiro atoms. The van der Waals surface area contributed by atoms with Gasteiger partial charge in [-0.1, -0.05) is 19.1 Å². The van der Waals surface area contributed by atoms with Crippen molar-refractivity contribution >= 4 is 10.0 Å². The fourth-order valence-electron chi connectivity index (χ4n) is 2.41. The summed E-state index contributed by atoms with van der Waals surface area (Å²) in [6.45, 7) is 5.62. The zero-order chi connectivity index (χ0) is 14.1. The van der Waals surface area contributed by atoms with Gasteiger partial charge in [-0.3, -0.25) is 0 Å². The minimum Gasteiger partial charge on any atom is -0.312 e. The largest absolute Gasteiger partial charge is 0.312 e. The van der Waals surface area contributed by atoms with Crippen molar-refractivity contribution in [1.82, 2.24) is 25.0 Å². The Bertz CT molecular complexity index is 537. The zero-order valence-electron chi connectivity index (χ0n) is 11.5. The fourth-order valence-corrected chi connectivity index (χ4v) is 3.51. The van der Waals surface area contributed by atoms with Crippen LogP contribution in [-0.2, 0) is 17.1 Å². The Morgan fingerprint density at radius 3 is 2.89 bits per heavy atom. The molecule has 2 heterocycles. The Kier molecular flexibility index (Phi) is 3.93. The van der Waals surface area contributed by atoms with Gasteiger partial charge in [0, 0.05) is 19.6 Å². The molecule has 2 N–H and O–H groups in total. The van der Waals surface area contributed by atoms with Gasteiger partial charge in [-0.2, -0.15) is 0 Å². The third kappa shape index (κ3) is 3.13. The van der Waals surface area contributed by atoms with Gasteiger partial charge in [0.25, 0.3) is 10.0 Å². The van der Waals surface area contributed by atoms with E-state index in [2.05, 4.69) is 34.2 Å². The highest BCUT2D eigenvalue weighted by atomic mass is 32.2. The summed E-state index contributed by atoms with van der Waals surface area (Å²) in [5.41, 5.74) is 0.0888. The van der Waals surface area contributed by atoms with E-state index in [1.54, 1.807) is 7.05 Å². The van der Waals surface area contributed by atoms with E-state index in [1.807, 2.05) is 0 Å². The highest BCUT2D eigenvalue weighted by Crippen LogP contribution is 2.29. The van der Waals surface area contributed by atoms with Gasteiger partial charge in [0.05, 0.1) is 6.20 Å². The number of rotatable bonds is 4. The minimum atomic E-state index is -3.55. The average molecular weight is 287 g/mol. The number of nitrogens with zero attached hydrogens (tertiary/aromatic N) is 3. The second kappa shape index (κ2) is 5.18. The maximum atomic E-state index is 12.1. The maximum Gasteiger partial charge on any atom is 0.259 e. The first kappa shape index (κ1) is 14.4. The summed E-state index contributed by atoms with van der Waals surface area (Å²) in [6.07, 6.45) is 3.48. The summed E-state index contributed by atoms with van der Waals surface area (Å²) in [5.74, 6) is 0. The minimum absolute atomic E-state index is 0.0844. The molecule has 19 heavy (non-hydrogen) atoms. The van der Waals surface area contributed by atoms with Crippen molar-refractivity contribution in [2.24, 2.45) is 12.5 Å². The van der Waals surface area contributed by atoms with Crippen LogP contribution in [0.5, 0.6) is 0 Å². The number of aromatic nitrogens is 3. The van der Waals surface area contributed by atoms with Crippen LogP contribution in [0.4, 0.5) is 0 Å². The van der Waals surface area contributed by atoms with Crippen LogP contribution >= 0.6 is 0 Å². The Hall–Kier alpha value is -0.990. The van der Waals surface area contributed by atoms with Crippen LogP contribution in [0.1, 0.15) is 26.7 Å². The predicted molar refractivity (Wildman–Crippen MR) is 71.0 cm³/mol. The summed E-state index contributed by atoms with van der Waals surface area (Å²) >= 11 is 0. The standard InChI is InChI=1S/C11H21N5O2S/c1-11(2)5-4-6-12-9(11)7-14-19(17,18)10-8-13-15-16(10)3/h8-9,12,14H,4-7H2,1-3H3. The number of sulfonamides is 1. The van der Waals surface area contributed by atoms with E-state index in [9.17, 15) is 8.42 Å². The lowest BCUT2D eigenvalue weighted by Gasteiger charge is -2.39. The van der Waals surface area contributed by atoms with E-state index in [0.717, 1.165) is 19.4 Å². The summed E-state index contributed by atoms with van der Waals surface area (Å²) < 4.78 is 28.1. The molecular formula is C11H21N5O2S. The van der Waals surface area contributed by atoms with Crippen molar-refractivity contribution in [3.8, 4) is 0 Å². The van der Waals surface area contributed by atoms with Crippen molar-refractivity contribution in [3.05, 3.63) is 6.20 Å². The Labute approximate surface area is 113 Å². The molecule has 1 aromatic rings. The molecule has 108 valence electrons. The Balaban J connectivity index is 2.04. The van der Waals surface area contributed by atoms with Gasteiger partial charge in [-0.15, -0.1) is 5.10 Å². The molecule has 7 nitrogen and oxygen atoms in total. The van der Waals surface area contributed by atoms with Gasteiger partial charge >= 0.3 is 0 Å². The van der Waals surface area contributed by atoms with Gasteiger partial charge in [-0.05, 0) is 24.8 Å². The Morgan fingerprint density at radius 2 is 2.32 bits per heavy atom. The zero-order valence-corrected chi connectivity index (χ0v) is 12.4. The van der Waals surface area contributed by atoms with Crippen LogP contribution in [0.2, 0.25) is 0 Å². The smallest absolute Gasteiger partial charge is 0.259 e. The third-order valence-corrected chi connectivity index (χ3v) is 5.22. The van der Waals surface area contributed by atoms with Crippen LogP contribution in [0.25, 0.3) is 0 Å². The van der Waals surface area contributed by atoms with Crippen molar-refractivity contribution < 1.29 is 8.42 Å². The summed E-state index contributed by atoms with van der Waals surface area (Å²) in [6, 6.07) is 0.136. The first-order valence-corrected chi connectivity index (χ1v) is 7.89. The van der Waals surface area contributed by atoms with Crippen molar-refractivity contribution in [2.45, 2.75) is 37.8 Å². The number of piperidine rings is 1. The quantitative estimate of drug-likeness (QED) is 0.805. The van der Waals surface area contributed by atoms with Crippen molar-refractivity contribution in [3.63, 3.8) is 0 Å². The van der Waals surface area contributed by atoms with Crippen molar-refractivity contribution in [1.29, 1.82) is 0 Å². The molecule has 1 aliphatic heterocycles. The molecule has 1 aromatic heterocycles. The monoisotopic (exact) mass is 287 g/mol. The number of nitrogens with one attached hydrogen (secondary N) is 2. The third-order valence-electron chi connectivity index (χ3n) is 3.76. The van der Waals surface area contributed by atoms with Gasteiger partial charge < -0.3 is 5.32 Å². The molecule has 0 saturated carbocycles. The topological polar surface area (TPSA) is 88.9 Å². The van der Waals surface area contributed by atoms with Gasteiger partial charge in [0.15, 0.2) is 5.03 Å². The lowest BCUT2D eigenvalue weighted by Crippen LogP contribution is -2.52. The van der Waals surface area contributed by atoms with E-state index in [0.29, 0.717) is 6.54 Å². The normalized spacial score (nSPS) is 23.4. The van der Waals surface area contributed by atoms with Gasteiger partial charge in [-0.25, -0.2) is 17.8 Å². The van der Waals surface area contributed by atoms with E-state index >= 15 is 0 Å². The van der Waals surface area contributed by atoms with Gasteiger partial charge in [0.1, 0.15) is 0 Å². The van der Waals surface area contributed by atoms with Gasteiger partial charge in [0.2, 0.25) is 0 Å². The molecule has 2 rings (SSSR count). The molecular weight excluding hydrogens is 266 g/mol. The van der Waals surface area contributed by atoms with Crippen LogP contribution in [0, 0.1) is 5.41 Å². The molecule has 8 heteroatoms. The number of hydrogen-bond acceptors (Lipinski definition) is 5. The lowest BCUT2D eigenvalue weighted by molar-refractivity contribution is 0.181. The van der Waals surface area contributed by atoms with Crippen LogP contribution in [0.3, 0.4) is 0 Å². The molecule has 0 amide bonds. The molecule has 1 aliphatic rings. The van der Waals surface area contributed by atoms with E-state index < -0.39 is 10.0 Å². The number of hydrogen-bond donors (Lipinski definition) is 2. The second-order valence-electron chi connectivity index (χ2n) is 5.65. The van der Waals surface area contributed by atoms with E-state index in [4.69, 9.17) is 0 Å². The molecule has 0 aromatic carbocycles. The highest BCUT2D eigenvalue weighted by molar-refractivity contribution is 7.89. The molecule has 1 unspecified atom stereocenters. The maximum absolute atomic E-state index is 12.1. The summed E-state index contributed by atoms with van der Waals surface area (Å²) in [7, 11) is -1.99. The van der Waals surface area contributed by atoms with Crippen molar-refractivity contribution in [2.75, 3.05) is 13.1 Å². The van der Waals surface area contributed by atoms with E-state index in [-0.39, 0.29) is 16.5 Å².